The first-order chi connectivity index (χ1) is 15.0. The molecule has 6 heteroatoms. The van der Waals surface area contributed by atoms with E-state index in [1.54, 1.807) is 24.4 Å². The quantitative estimate of drug-likeness (QED) is 0.413. The number of carbonyl (C=O) groups excluding carboxylic acids is 1. The molecule has 1 unspecified atom stereocenters. The van der Waals surface area contributed by atoms with E-state index >= 15 is 0 Å². The van der Waals surface area contributed by atoms with Crippen LogP contribution in [0, 0.1) is 6.92 Å². The molecule has 1 atom stereocenters. The Labute approximate surface area is 184 Å². The van der Waals surface area contributed by atoms with Crippen molar-refractivity contribution in [3.8, 4) is 0 Å². The third kappa shape index (κ3) is 4.84. The van der Waals surface area contributed by atoms with Gasteiger partial charge in [-0.25, -0.2) is 4.98 Å². The minimum absolute atomic E-state index is 0.0666. The predicted molar refractivity (Wildman–Crippen MR) is 120 cm³/mol. The molecule has 0 radical (unpaired) electrons. The van der Waals surface area contributed by atoms with E-state index in [2.05, 4.69) is 4.98 Å². The number of carbonyl (C=O) groups is 1. The largest absolute Gasteiger partial charge is 0.459 e. The van der Waals surface area contributed by atoms with Gasteiger partial charge in [-0.2, -0.15) is 0 Å². The van der Waals surface area contributed by atoms with Crippen molar-refractivity contribution in [1.82, 2.24) is 9.38 Å². The summed E-state index contributed by atoms with van der Waals surface area (Å²) in [6.45, 7) is 1.82. The maximum absolute atomic E-state index is 13.0. The van der Waals surface area contributed by atoms with Gasteiger partial charge in [0, 0.05) is 17.3 Å². The number of esters is 1. The van der Waals surface area contributed by atoms with Crippen LogP contribution in [-0.4, -0.2) is 15.4 Å². The highest BCUT2D eigenvalue weighted by molar-refractivity contribution is 6.30. The summed E-state index contributed by atoms with van der Waals surface area (Å²) >= 11 is 5.98. The molecule has 2 aromatic carbocycles. The van der Waals surface area contributed by atoms with Crippen LogP contribution in [0.3, 0.4) is 0 Å². The van der Waals surface area contributed by atoms with Crippen molar-refractivity contribution in [1.29, 1.82) is 0 Å². The van der Waals surface area contributed by atoms with E-state index in [0.29, 0.717) is 22.8 Å². The SMILES string of the molecule is Cc1cccn2c(=O)cc(COC(=O)C(Cc3ccc(Cl)cc3)c3ccccc3)nc12. The minimum atomic E-state index is -0.481. The highest BCUT2D eigenvalue weighted by Crippen LogP contribution is 2.24. The van der Waals surface area contributed by atoms with Crippen LogP contribution < -0.4 is 5.56 Å². The fraction of sp³-hybridized carbons (Fsp3) is 0.160. The number of fused-ring (bicyclic) bond motifs is 1. The molecule has 0 aliphatic heterocycles. The Bertz CT molecular complexity index is 1270. The molecule has 0 amide bonds. The smallest absolute Gasteiger partial charge is 0.314 e. The van der Waals surface area contributed by atoms with E-state index in [-0.39, 0.29) is 18.1 Å². The van der Waals surface area contributed by atoms with Crippen LogP contribution in [0.4, 0.5) is 0 Å². The number of ether oxygens (including phenoxy) is 1. The van der Waals surface area contributed by atoms with Crippen LogP contribution in [0.15, 0.2) is 83.8 Å². The fourth-order valence-corrected chi connectivity index (χ4v) is 3.63. The second kappa shape index (κ2) is 9.14. The molecule has 5 nitrogen and oxygen atoms in total. The zero-order valence-electron chi connectivity index (χ0n) is 17.0. The van der Waals surface area contributed by atoms with Crippen LogP contribution in [0.1, 0.15) is 28.3 Å². The molecule has 0 N–H and O–H groups in total. The van der Waals surface area contributed by atoms with Crippen molar-refractivity contribution >= 4 is 23.2 Å². The summed E-state index contributed by atoms with van der Waals surface area (Å²) in [5, 5.41) is 0.645. The minimum Gasteiger partial charge on any atom is -0.459 e. The molecule has 2 heterocycles. The van der Waals surface area contributed by atoms with Gasteiger partial charge in [-0.1, -0.05) is 60.1 Å². The zero-order chi connectivity index (χ0) is 21.8. The van der Waals surface area contributed by atoms with Gasteiger partial charge in [-0.05, 0) is 48.2 Å². The van der Waals surface area contributed by atoms with Crippen molar-refractivity contribution in [2.75, 3.05) is 0 Å². The predicted octanol–water partition coefficient (Wildman–Crippen LogP) is 4.73. The first-order valence-corrected chi connectivity index (χ1v) is 10.3. The van der Waals surface area contributed by atoms with Gasteiger partial charge >= 0.3 is 5.97 Å². The second-order valence-corrected chi connectivity index (χ2v) is 7.81. The average molecular weight is 433 g/mol. The lowest BCUT2D eigenvalue weighted by Crippen LogP contribution is -2.20. The maximum atomic E-state index is 13.0. The monoisotopic (exact) mass is 432 g/mol. The van der Waals surface area contributed by atoms with Gasteiger partial charge in [0.05, 0.1) is 11.6 Å². The summed E-state index contributed by atoms with van der Waals surface area (Å²) in [7, 11) is 0. The molecule has 0 saturated carbocycles. The first-order valence-electron chi connectivity index (χ1n) is 9.95. The topological polar surface area (TPSA) is 60.7 Å². The lowest BCUT2D eigenvalue weighted by Gasteiger charge is -2.17. The zero-order valence-corrected chi connectivity index (χ0v) is 17.8. The highest BCUT2D eigenvalue weighted by Gasteiger charge is 2.23. The number of benzene rings is 2. The molecule has 0 fully saturated rings. The molecule has 4 aromatic rings. The van der Waals surface area contributed by atoms with Gasteiger partial charge < -0.3 is 4.74 Å². The number of aryl methyl sites for hydroxylation is 1. The Morgan fingerprint density at radius 3 is 2.55 bits per heavy atom. The van der Waals surface area contributed by atoms with E-state index < -0.39 is 5.92 Å². The van der Waals surface area contributed by atoms with Crippen LogP contribution in [0.25, 0.3) is 5.65 Å². The number of aromatic nitrogens is 2. The molecule has 0 saturated heterocycles. The highest BCUT2D eigenvalue weighted by atomic mass is 35.5. The summed E-state index contributed by atoms with van der Waals surface area (Å²) in [6.07, 6.45) is 2.15. The van der Waals surface area contributed by atoms with Crippen molar-refractivity contribution in [3.63, 3.8) is 0 Å². The molecular formula is C25H21ClN2O3. The summed E-state index contributed by atoms with van der Waals surface area (Å²) < 4.78 is 7.09. The molecule has 4 rings (SSSR count). The number of nitrogens with zero attached hydrogens (tertiary/aromatic N) is 2. The lowest BCUT2D eigenvalue weighted by molar-refractivity contribution is -0.147. The Hall–Kier alpha value is -3.44. The Balaban J connectivity index is 1.56. The Morgan fingerprint density at radius 1 is 1.06 bits per heavy atom. The van der Waals surface area contributed by atoms with Crippen LogP contribution in [0.2, 0.25) is 5.02 Å². The molecule has 0 bridgehead atoms. The normalized spacial score (nSPS) is 11.9. The third-order valence-electron chi connectivity index (χ3n) is 5.14. The number of rotatable bonds is 6. The molecular weight excluding hydrogens is 412 g/mol. The van der Waals surface area contributed by atoms with Gasteiger partial charge in [0.15, 0.2) is 0 Å². The second-order valence-electron chi connectivity index (χ2n) is 7.37. The van der Waals surface area contributed by atoms with Crippen LogP contribution >= 0.6 is 11.6 Å². The van der Waals surface area contributed by atoms with Crippen molar-refractivity contribution in [2.24, 2.45) is 0 Å². The van der Waals surface area contributed by atoms with E-state index in [4.69, 9.17) is 16.3 Å². The van der Waals surface area contributed by atoms with E-state index in [9.17, 15) is 9.59 Å². The standard InChI is InChI=1S/C25H21ClN2O3/c1-17-6-5-13-28-23(29)15-21(27-24(17)28)16-31-25(30)22(19-7-3-2-4-8-19)14-18-9-11-20(26)12-10-18/h2-13,15,22H,14,16H2,1H3. The summed E-state index contributed by atoms with van der Waals surface area (Å²) in [5.41, 5.74) is 3.49. The fourth-order valence-electron chi connectivity index (χ4n) is 3.51. The van der Waals surface area contributed by atoms with E-state index in [0.717, 1.165) is 16.7 Å². The van der Waals surface area contributed by atoms with E-state index in [1.165, 1.54) is 10.5 Å². The van der Waals surface area contributed by atoms with Crippen molar-refractivity contribution in [2.45, 2.75) is 25.9 Å². The molecule has 156 valence electrons. The van der Waals surface area contributed by atoms with Crippen molar-refractivity contribution in [3.05, 3.63) is 117 Å². The van der Waals surface area contributed by atoms with Gasteiger partial charge in [-0.15, -0.1) is 0 Å². The first kappa shape index (κ1) is 20.8. The van der Waals surface area contributed by atoms with Gasteiger partial charge in [0.25, 0.3) is 5.56 Å². The molecule has 0 aliphatic carbocycles. The maximum Gasteiger partial charge on any atom is 0.314 e. The summed E-state index contributed by atoms with van der Waals surface area (Å²) in [6, 6.07) is 22.0. The van der Waals surface area contributed by atoms with Crippen LogP contribution in [0.5, 0.6) is 0 Å². The molecule has 31 heavy (non-hydrogen) atoms. The molecule has 0 aliphatic rings. The Morgan fingerprint density at radius 2 is 1.81 bits per heavy atom. The number of pyridine rings is 1. The van der Waals surface area contributed by atoms with Crippen molar-refractivity contribution < 1.29 is 9.53 Å². The Kier molecular flexibility index (Phi) is 6.14. The average Bonchev–Trinajstić information content (AvgIpc) is 2.78. The van der Waals surface area contributed by atoms with Gasteiger partial charge in [0.1, 0.15) is 12.3 Å². The van der Waals surface area contributed by atoms with Gasteiger partial charge in [0.2, 0.25) is 0 Å². The van der Waals surface area contributed by atoms with E-state index in [1.807, 2.05) is 55.5 Å². The number of halogens is 1. The summed E-state index contributed by atoms with van der Waals surface area (Å²) in [4.78, 5) is 29.9. The molecule has 0 spiro atoms. The number of hydrogen-bond donors (Lipinski definition) is 0. The van der Waals surface area contributed by atoms with Crippen LogP contribution in [-0.2, 0) is 22.6 Å². The number of hydrogen-bond acceptors (Lipinski definition) is 4. The third-order valence-corrected chi connectivity index (χ3v) is 5.39. The van der Waals surface area contributed by atoms with Gasteiger partial charge in [-0.3, -0.25) is 14.0 Å². The summed E-state index contributed by atoms with van der Waals surface area (Å²) in [5.74, 6) is -0.849. The molecule has 2 aromatic heterocycles. The lowest BCUT2D eigenvalue weighted by atomic mass is 9.92.